The van der Waals surface area contributed by atoms with E-state index in [-0.39, 0.29) is 5.56 Å². The van der Waals surface area contributed by atoms with Gasteiger partial charge < -0.3 is 4.74 Å². The summed E-state index contributed by atoms with van der Waals surface area (Å²) in [5.74, 6) is 0.541. The number of hydrogen-bond acceptors (Lipinski definition) is 3. The van der Waals surface area contributed by atoms with Crippen molar-refractivity contribution in [2.75, 3.05) is 7.11 Å². The van der Waals surface area contributed by atoms with Gasteiger partial charge in [0.05, 0.1) is 23.2 Å². The molecule has 0 bridgehead atoms. The first kappa shape index (κ1) is 9.98. The molecule has 0 saturated carbocycles. The van der Waals surface area contributed by atoms with Crippen molar-refractivity contribution in [3.63, 3.8) is 0 Å². The molecule has 1 heterocycles. The number of aromatic amines is 1. The van der Waals surface area contributed by atoms with Crippen LogP contribution in [0.1, 0.15) is 5.69 Å². The minimum atomic E-state index is -0.250. The fourth-order valence-corrected chi connectivity index (χ4v) is 1.69. The molecule has 78 valence electrons. The maximum atomic E-state index is 11.5. The van der Waals surface area contributed by atoms with Crippen LogP contribution in [0.4, 0.5) is 0 Å². The third kappa shape index (κ3) is 1.57. The molecule has 0 unspecified atom stereocenters. The molecule has 2 aromatic rings. The van der Waals surface area contributed by atoms with Crippen molar-refractivity contribution < 1.29 is 4.74 Å². The molecule has 0 fully saturated rings. The Morgan fingerprint density at radius 3 is 2.80 bits per heavy atom. The summed E-state index contributed by atoms with van der Waals surface area (Å²) in [5, 5.41) is 7.97. The standard InChI is InChI=1S/C10H9ClN2O2/c1-5-6-4-9(15-2)8(11)3-7(6)10(14)13-12-5/h3-4H,1-2H3,(H,13,14). The summed E-state index contributed by atoms with van der Waals surface area (Å²) in [6.07, 6.45) is 0. The van der Waals surface area contributed by atoms with Gasteiger partial charge in [-0.1, -0.05) is 11.6 Å². The average molecular weight is 225 g/mol. The van der Waals surface area contributed by atoms with Gasteiger partial charge in [0, 0.05) is 5.39 Å². The summed E-state index contributed by atoms with van der Waals surface area (Å²) in [4.78, 5) is 11.5. The zero-order chi connectivity index (χ0) is 11.0. The molecule has 0 aliphatic rings. The number of aryl methyl sites for hydroxylation is 1. The number of rotatable bonds is 1. The van der Waals surface area contributed by atoms with Crippen molar-refractivity contribution >= 4 is 22.4 Å². The van der Waals surface area contributed by atoms with E-state index in [9.17, 15) is 4.79 Å². The molecule has 4 nitrogen and oxygen atoms in total. The number of halogens is 1. The number of aromatic nitrogens is 2. The van der Waals surface area contributed by atoms with E-state index in [0.717, 1.165) is 11.1 Å². The van der Waals surface area contributed by atoms with Gasteiger partial charge in [-0.15, -0.1) is 0 Å². The van der Waals surface area contributed by atoms with E-state index >= 15 is 0 Å². The molecule has 2 rings (SSSR count). The predicted molar refractivity (Wildman–Crippen MR) is 58.7 cm³/mol. The molecule has 0 aliphatic heterocycles. The number of fused-ring (bicyclic) bond motifs is 1. The number of benzene rings is 1. The second-order valence-electron chi connectivity index (χ2n) is 3.17. The maximum absolute atomic E-state index is 11.5. The topological polar surface area (TPSA) is 55.0 Å². The van der Waals surface area contributed by atoms with Gasteiger partial charge >= 0.3 is 0 Å². The Labute approximate surface area is 90.8 Å². The Morgan fingerprint density at radius 2 is 2.13 bits per heavy atom. The number of H-pyrrole nitrogens is 1. The lowest BCUT2D eigenvalue weighted by Crippen LogP contribution is -2.09. The summed E-state index contributed by atoms with van der Waals surface area (Å²) < 4.78 is 5.08. The molecule has 0 radical (unpaired) electrons. The number of hydrogen-bond donors (Lipinski definition) is 1. The van der Waals surface area contributed by atoms with Gasteiger partial charge in [0.2, 0.25) is 0 Å². The van der Waals surface area contributed by atoms with Crippen LogP contribution in [0.5, 0.6) is 5.75 Å². The first-order valence-electron chi connectivity index (χ1n) is 4.36. The molecule has 0 atom stereocenters. The van der Waals surface area contributed by atoms with E-state index in [4.69, 9.17) is 16.3 Å². The van der Waals surface area contributed by atoms with Crippen LogP contribution in [0.15, 0.2) is 16.9 Å². The Bertz CT molecular complexity index is 577. The summed E-state index contributed by atoms with van der Waals surface area (Å²) >= 11 is 5.93. The van der Waals surface area contributed by atoms with E-state index in [0.29, 0.717) is 16.2 Å². The van der Waals surface area contributed by atoms with Gasteiger partial charge in [0.15, 0.2) is 0 Å². The fourth-order valence-electron chi connectivity index (χ4n) is 1.45. The fraction of sp³-hybridized carbons (Fsp3) is 0.200. The molecule has 1 aromatic carbocycles. The van der Waals surface area contributed by atoms with Gasteiger partial charge in [-0.2, -0.15) is 5.10 Å². The van der Waals surface area contributed by atoms with E-state index < -0.39 is 0 Å². The van der Waals surface area contributed by atoms with Gasteiger partial charge in [0.1, 0.15) is 5.75 Å². The van der Waals surface area contributed by atoms with Crippen LogP contribution in [-0.4, -0.2) is 17.3 Å². The van der Waals surface area contributed by atoms with Gasteiger partial charge in [-0.3, -0.25) is 4.79 Å². The minimum absolute atomic E-state index is 0.250. The van der Waals surface area contributed by atoms with Crippen molar-refractivity contribution in [2.24, 2.45) is 0 Å². The molecule has 1 N–H and O–H groups in total. The molecular formula is C10H9ClN2O2. The number of ether oxygens (including phenoxy) is 1. The highest BCUT2D eigenvalue weighted by molar-refractivity contribution is 6.32. The SMILES string of the molecule is COc1cc2c(C)n[nH]c(=O)c2cc1Cl. The Kier molecular flexibility index (Phi) is 2.36. The van der Waals surface area contributed by atoms with Crippen molar-refractivity contribution in [3.8, 4) is 5.75 Å². The van der Waals surface area contributed by atoms with Crippen LogP contribution >= 0.6 is 11.6 Å². The zero-order valence-corrected chi connectivity index (χ0v) is 9.05. The van der Waals surface area contributed by atoms with E-state index in [1.54, 1.807) is 12.1 Å². The van der Waals surface area contributed by atoms with Crippen molar-refractivity contribution in [1.29, 1.82) is 0 Å². The molecule has 0 spiro atoms. The smallest absolute Gasteiger partial charge is 0.272 e. The normalized spacial score (nSPS) is 10.6. The summed E-state index contributed by atoms with van der Waals surface area (Å²) in [6.45, 7) is 1.81. The van der Waals surface area contributed by atoms with Crippen LogP contribution in [0.3, 0.4) is 0 Å². The van der Waals surface area contributed by atoms with Gasteiger partial charge in [-0.25, -0.2) is 5.10 Å². The van der Waals surface area contributed by atoms with Crippen LogP contribution in [-0.2, 0) is 0 Å². The first-order valence-corrected chi connectivity index (χ1v) is 4.74. The molecular weight excluding hydrogens is 216 g/mol. The Hall–Kier alpha value is -1.55. The summed E-state index contributed by atoms with van der Waals surface area (Å²) in [5.41, 5.74) is 0.486. The molecule has 0 saturated heterocycles. The summed E-state index contributed by atoms with van der Waals surface area (Å²) in [6, 6.07) is 3.30. The van der Waals surface area contributed by atoms with Crippen molar-refractivity contribution in [2.45, 2.75) is 6.92 Å². The zero-order valence-electron chi connectivity index (χ0n) is 8.30. The first-order chi connectivity index (χ1) is 7.13. The molecule has 0 amide bonds. The lowest BCUT2D eigenvalue weighted by Gasteiger charge is -2.05. The van der Waals surface area contributed by atoms with Crippen LogP contribution < -0.4 is 10.3 Å². The predicted octanol–water partition coefficient (Wildman–Crippen LogP) is 1.89. The van der Waals surface area contributed by atoms with Crippen LogP contribution in [0, 0.1) is 6.92 Å². The highest BCUT2D eigenvalue weighted by atomic mass is 35.5. The average Bonchev–Trinajstić information content (AvgIpc) is 2.23. The third-order valence-electron chi connectivity index (χ3n) is 2.25. The second-order valence-corrected chi connectivity index (χ2v) is 3.58. The highest BCUT2D eigenvalue weighted by Gasteiger charge is 2.08. The Morgan fingerprint density at radius 1 is 1.40 bits per heavy atom. The van der Waals surface area contributed by atoms with Crippen molar-refractivity contribution in [1.82, 2.24) is 10.2 Å². The molecule has 5 heteroatoms. The molecule has 15 heavy (non-hydrogen) atoms. The second kappa shape index (κ2) is 3.55. The maximum Gasteiger partial charge on any atom is 0.272 e. The van der Waals surface area contributed by atoms with Gasteiger partial charge in [0.25, 0.3) is 5.56 Å². The monoisotopic (exact) mass is 224 g/mol. The minimum Gasteiger partial charge on any atom is -0.495 e. The van der Waals surface area contributed by atoms with Crippen molar-refractivity contribution in [3.05, 3.63) is 33.2 Å². The van der Waals surface area contributed by atoms with Gasteiger partial charge in [-0.05, 0) is 19.1 Å². The quantitative estimate of drug-likeness (QED) is 0.805. The van der Waals surface area contributed by atoms with E-state index in [1.165, 1.54) is 7.11 Å². The number of nitrogens with one attached hydrogen (secondary N) is 1. The number of nitrogens with zero attached hydrogens (tertiary/aromatic N) is 1. The highest BCUT2D eigenvalue weighted by Crippen LogP contribution is 2.28. The molecule has 1 aromatic heterocycles. The van der Waals surface area contributed by atoms with Crippen LogP contribution in [0.2, 0.25) is 5.02 Å². The lowest BCUT2D eigenvalue weighted by atomic mass is 10.1. The molecule has 0 aliphatic carbocycles. The lowest BCUT2D eigenvalue weighted by molar-refractivity contribution is 0.415. The van der Waals surface area contributed by atoms with Crippen LogP contribution in [0.25, 0.3) is 10.8 Å². The third-order valence-corrected chi connectivity index (χ3v) is 2.55. The van der Waals surface area contributed by atoms with E-state index in [2.05, 4.69) is 10.2 Å². The Balaban J connectivity index is 2.92. The number of methoxy groups -OCH3 is 1. The summed E-state index contributed by atoms with van der Waals surface area (Å²) in [7, 11) is 1.53. The van der Waals surface area contributed by atoms with E-state index in [1.807, 2.05) is 6.92 Å². The largest absolute Gasteiger partial charge is 0.495 e.